The molecule has 5 nitrogen and oxygen atoms in total. The first-order chi connectivity index (χ1) is 7.85. The fourth-order valence-corrected chi connectivity index (χ4v) is 1.79. The van der Waals surface area contributed by atoms with E-state index in [1.54, 1.807) is 0 Å². The van der Waals surface area contributed by atoms with Gasteiger partial charge in [-0.05, 0) is 38.0 Å². The topological polar surface area (TPSA) is 76.0 Å². The second-order valence-electron chi connectivity index (χ2n) is 3.62. The second kappa shape index (κ2) is 8.78. The number of hydrogen-bond acceptors (Lipinski definition) is 4. The van der Waals surface area contributed by atoms with E-state index in [0.717, 1.165) is 25.3 Å². The van der Waals surface area contributed by atoms with Crippen molar-refractivity contribution in [3.05, 3.63) is 12.7 Å². The van der Waals surface area contributed by atoms with Crippen LogP contribution in [0.4, 0.5) is 0 Å². The summed E-state index contributed by atoms with van der Waals surface area (Å²) < 4.78 is 9.64. The van der Waals surface area contributed by atoms with Crippen LogP contribution in [0, 0.1) is 0 Å². The van der Waals surface area contributed by atoms with Crippen molar-refractivity contribution in [2.24, 2.45) is 0 Å². The van der Waals surface area contributed by atoms with E-state index in [-0.39, 0.29) is 12.7 Å². The van der Waals surface area contributed by atoms with Crippen LogP contribution in [0.5, 0.6) is 0 Å². The molecule has 0 amide bonds. The molecule has 0 saturated heterocycles. The maximum atomic E-state index is 10.8. The van der Waals surface area contributed by atoms with Crippen molar-refractivity contribution in [2.45, 2.75) is 38.7 Å². The highest BCUT2D eigenvalue weighted by molar-refractivity contribution is 8.06. The van der Waals surface area contributed by atoms with Gasteiger partial charge in [-0.1, -0.05) is 13.0 Å². The highest BCUT2D eigenvalue weighted by atomic mass is 32.5. The van der Waals surface area contributed by atoms with E-state index >= 15 is 0 Å². The Bertz CT molecular complexity index is 288. The number of hydrogen-bond donors (Lipinski definition) is 2. The van der Waals surface area contributed by atoms with E-state index in [9.17, 15) is 4.79 Å². The van der Waals surface area contributed by atoms with Gasteiger partial charge in [0, 0.05) is 6.08 Å². The largest absolute Gasteiger partial charge is 0.460 e. The lowest BCUT2D eigenvalue weighted by atomic mass is 10.1. The molecule has 0 aromatic rings. The molecule has 0 aliphatic heterocycles. The molecule has 0 aromatic heterocycles. The summed E-state index contributed by atoms with van der Waals surface area (Å²) in [4.78, 5) is 28.4. The van der Waals surface area contributed by atoms with Crippen molar-refractivity contribution in [3.8, 4) is 0 Å². The molecule has 0 fully saturated rings. The van der Waals surface area contributed by atoms with Crippen molar-refractivity contribution < 1.29 is 23.8 Å². The van der Waals surface area contributed by atoms with Crippen molar-refractivity contribution in [3.63, 3.8) is 0 Å². The van der Waals surface area contributed by atoms with Gasteiger partial charge in [-0.2, -0.15) is 0 Å². The minimum Gasteiger partial charge on any atom is -0.460 e. The summed E-state index contributed by atoms with van der Waals surface area (Å²) in [6, 6.07) is 0. The van der Waals surface area contributed by atoms with Crippen LogP contribution in [0.25, 0.3) is 0 Å². The average Bonchev–Trinajstić information content (AvgIpc) is 2.21. The van der Waals surface area contributed by atoms with Gasteiger partial charge in [-0.25, -0.2) is 4.79 Å². The van der Waals surface area contributed by atoms with E-state index in [4.69, 9.17) is 14.5 Å². The summed E-state index contributed by atoms with van der Waals surface area (Å²) in [5, 5.41) is 0. The molecular weight excluding hydrogens is 263 g/mol. The molecule has 1 atom stereocenters. The third-order valence-electron chi connectivity index (χ3n) is 2.00. The fourth-order valence-electron chi connectivity index (χ4n) is 1.20. The van der Waals surface area contributed by atoms with Crippen LogP contribution >= 0.6 is 6.72 Å². The lowest BCUT2D eigenvalue weighted by Crippen LogP contribution is -2.12. The molecule has 2 N–H and O–H groups in total. The number of unbranched alkanes of at least 4 members (excludes halogenated alkanes) is 2. The van der Waals surface area contributed by atoms with Gasteiger partial charge in [0.25, 0.3) is 0 Å². The minimum atomic E-state index is -3.50. The quantitative estimate of drug-likeness (QED) is 0.291. The van der Waals surface area contributed by atoms with Gasteiger partial charge in [-0.3, -0.25) is 0 Å². The Morgan fingerprint density at radius 2 is 2.12 bits per heavy atom. The standard InChI is InChI=1S/C10H19O5PS/c1-3-10(11)15-9(2)7-5-4-6-8-14-16(12,13)17/h3,9H,1,4-8H2,2H3,(H2,12,13,17). The van der Waals surface area contributed by atoms with E-state index in [0.29, 0.717) is 6.42 Å². The van der Waals surface area contributed by atoms with Crippen LogP contribution in [0.2, 0.25) is 0 Å². The summed E-state index contributed by atoms with van der Waals surface area (Å²) in [7, 11) is 0. The van der Waals surface area contributed by atoms with Gasteiger partial charge in [0.15, 0.2) is 0 Å². The SMILES string of the molecule is C=CC(=O)OC(C)CCCCCOP(O)(O)=S. The molecule has 100 valence electrons. The van der Waals surface area contributed by atoms with E-state index in [2.05, 4.69) is 22.9 Å². The molecule has 1 unspecified atom stereocenters. The van der Waals surface area contributed by atoms with E-state index in [1.165, 1.54) is 0 Å². The summed E-state index contributed by atoms with van der Waals surface area (Å²) >= 11 is 4.30. The predicted octanol–water partition coefficient (Wildman–Crippen LogP) is 1.89. The highest BCUT2D eigenvalue weighted by Crippen LogP contribution is 2.36. The Morgan fingerprint density at radius 1 is 1.47 bits per heavy atom. The minimum absolute atomic E-state index is 0.136. The number of ether oxygens (including phenoxy) is 1. The van der Waals surface area contributed by atoms with Crippen molar-refractivity contribution in [1.29, 1.82) is 0 Å². The molecule has 0 rings (SSSR count). The molecule has 0 aromatic carbocycles. The van der Waals surface area contributed by atoms with Crippen molar-refractivity contribution in [1.82, 2.24) is 0 Å². The predicted molar refractivity (Wildman–Crippen MR) is 68.9 cm³/mol. The zero-order valence-corrected chi connectivity index (χ0v) is 11.6. The van der Waals surface area contributed by atoms with Gasteiger partial charge in [0.2, 0.25) is 0 Å². The Balaban J connectivity index is 3.42. The normalized spacial score (nSPS) is 13.1. The van der Waals surface area contributed by atoms with Crippen LogP contribution in [0.3, 0.4) is 0 Å². The summed E-state index contributed by atoms with van der Waals surface area (Å²) in [6.07, 6.45) is 4.18. The molecule has 0 heterocycles. The second-order valence-corrected chi connectivity index (χ2v) is 6.29. The number of carbonyl (C=O) groups is 1. The highest BCUT2D eigenvalue weighted by Gasteiger charge is 2.08. The first-order valence-corrected chi connectivity index (χ1v) is 8.01. The summed E-state index contributed by atoms with van der Waals surface area (Å²) in [5.74, 6) is -0.415. The molecule has 0 bridgehead atoms. The first kappa shape index (κ1) is 16.7. The fraction of sp³-hybridized carbons (Fsp3) is 0.700. The third-order valence-corrected chi connectivity index (χ3v) is 2.83. The molecule has 17 heavy (non-hydrogen) atoms. The Hall–Kier alpha value is -0.260. The van der Waals surface area contributed by atoms with Crippen molar-refractivity contribution >= 4 is 24.5 Å². The Labute approximate surface area is 107 Å². The number of esters is 1. The van der Waals surface area contributed by atoms with E-state index < -0.39 is 12.7 Å². The van der Waals surface area contributed by atoms with Gasteiger partial charge in [0.05, 0.1) is 12.7 Å². The molecule has 7 heteroatoms. The monoisotopic (exact) mass is 282 g/mol. The van der Waals surface area contributed by atoms with Crippen LogP contribution in [0.1, 0.15) is 32.6 Å². The lowest BCUT2D eigenvalue weighted by molar-refractivity contribution is -0.142. The molecule has 0 radical (unpaired) electrons. The number of rotatable bonds is 9. The van der Waals surface area contributed by atoms with Crippen LogP contribution in [-0.4, -0.2) is 28.5 Å². The Kier molecular flexibility index (Phi) is 8.64. The zero-order chi connectivity index (χ0) is 13.3. The van der Waals surface area contributed by atoms with Gasteiger partial charge in [0.1, 0.15) is 0 Å². The molecule has 0 spiro atoms. The first-order valence-electron chi connectivity index (χ1n) is 5.38. The van der Waals surface area contributed by atoms with Crippen LogP contribution < -0.4 is 0 Å². The van der Waals surface area contributed by atoms with Gasteiger partial charge in [-0.15, -0.1) is 0 Å². The van der Waals surface area contributed by atoms with Gasteiger partial charge < -0.3 is 19.0 Å². The smallest absolute Gasteiger partial charge is 0.330 e. The Morgan fingerprint density at radius 3 is 2.65 bits per heavy atom. The van der Waals surface area contributed by atoms with Gasteiger partial charge >= 0.3 is 12.7 Å². The molecule has 0 saturated carbocycles. The molecule has 0 aliphatic carbocycles. The number of carbonyl (C=O) groups excluding carboxylic acids is 1. The van der Waals surface area contributed by atoms with Crippen LogP contribution in [0.15, 0.2) is 12.7 Å². The molecule has 0 aliphatic rings. The lowest BCUT2D eigenvalue weighted by Gasteiger charge is -2.11. The third kappa shape index (κ3) is 12.0. The summed E-state index contributed by atoms with van der Waals surface area (Å²) in [6.45, 7) is 1.87. The average molecular weight is 282 g/mol. The van der Waals surface area contributed by atoms with E-state index in [1.807, 2.05) is 6.92 Å². The molecular formula is C10H19O5PS. The maximum Gasteiger partial charge on any atom is 0.330 e. The van der Waals surface area contributed by atoms with Crippen molar-refractivity contribution in [2.75, 3.05) is 6.61 Å². The summed E-state index contributed by atoms with van der Waals surface area (Å²) in [5.41, 5.74) is 0. The maximum absolute atomic E-state index is 10.8. The van der Waals surface area contributed by atoms with Crippen LogP contribution in [-0.2, 0) is 25.9 Å². The zero-order valence-electron chi connectivity index (χ0n) is 9.87.